The van der Waals surface area contributed by atoms with E-state index in [0.29, 0.717) is 12.5 Å². The van der Waals surface area contributed by atoms with Gasteiger partial charge in [0.05, 0.1) is 0 Å². The maximum absolute atomic E-state index is 11.3. The summed E-state index contributed by atoms with van der Waals surface area (Å²) in [7, 11) is 0. The molecule has 0 bridgehead atoms. The molecule has 2 N–H and O–H groups in total. The third-order valence-corrected chi connectivity index (χ3v) is 7.25. The summed E-state index contributed by atoms with van der Waals surface area (Å²) in [5, 5.41) is 0.797. The van der Waals surface area contributed by atoms with E-state index < -0.39 is 0 Å². The predicted molar refractivity (Wildman–Crippen MR) is 110 cm³/mol. The molecular weight excluding hydrogens is 358 g/mol. The minimum Gasteiger partial charge on any atom is -0.370 e. The van der Waals surface area contributed by atoms with Gasteiger partial charge in [0.2, 0.25) is 5.91 Å². The highest BCUT2D eigenvalue weighted by Gasteiger charge is 2.48. The molecular formula is C22H32ClN3O. The molecule has 4 nitrogen and oxygen atoms in total. The van der Waals surface area contributed by atoms with Crippen molar-refractivity contribution in [3.05, 3.63) is 34.9 Å². The fourth-order valence-electron chi connectivity index (χ4n) is 5.97. The molecule has 0 saturated carbocycles. The lowest BCUT2D eigenvalue weighted by Crippen LogP contribution is -2.64. The van der Waals surface area contributed by atoms with Crippen LogP contribution in [0.4, 0.5) is 0 Å². The van der Waals surface area contributed by atoms with Crippen LogP contribution in [0.3, 0.4) is 0 Å². The highest BCUT2D eigenvalue weighted by molar-refractivity contribution is 6.30. The van der Waals surface area contributed by atoms with Crippen molar-refractivity contribution in [1.82, 2.24) is 9.80 Å². The smallest absolute Gasteiger partial charge is 0.217 e. The van der Waals surface area contributed by atoms with Crippen LogP contribution in [-0.2, 0) is 11.3 Å². The summed E-state index contributed by atoms with van der Waals surface area (Å²) in [6.07, 6.45) is 7.85. The highest BCUT2D eigenvalue weighted by Crippen LogP contribution is 2.43. The molecule has 1 aromatic carbocycles. The Bertz CT molecular complexity index is 647. The van der Waals surface area contributed by atoms with E-state index in [-0.39, 0.29) is 5.91 Å². The molecule has 3 heterocycles. The van der Waals surface area contributed by atoms with E-state index >= 15 is 0 Å². The summed E-state index contributed by atoms with van der Waals surface area (Å²) in [6.45, 7) is 4.73. The van der Waals surface area contributed by atoms with Crippen molar-refractivity contribution in [2.24, 2.45) is 17.6 Å². The molecule has 0 spiro atoms. The van der Waals surface area contributed by atoms with Crippen molar-refractivity contribution in [1.29, 1.82) is 0 Å². The first-order valence-electron chi connectivity index (χ1n) is 10.6. The number of carbonyl (C=O) groups is 1. The van der Waals surface area contributed by atoms with Crippen molar-refractivity contribution >= 4 is 17.5 Å². The number of carbonyl (C=O) groups excluding carboxylic acids is 1. The molecule has 4 rings (SSSR count). The van der Waals surface area contributed by atoms with E-state index in [1.165, 1.54) is 50.9 Å². The highest BCUT2D eigenvalue weighted by atomic mass is 35.5. The standard InChI is InChI=1S/C22H32ClN3O/c23-18-10-8-16(9-11-18)14-26-15-17-4-2-12-25-13-3-5-19(22(17)25)20(26)6-1-7-21(24)27/h8-11,17,19-20,22H,1-7,12-15H2,(H2,24,27)/t17-,19-,20-,22+/m1/s1. The number of amides is 1. The Morgan fingerprint density at radius 1 is 1.15 bits per heavy atom. The fourth-order valence-corrected chi connectivity index (χ4v) is 6.10. The third-order valence-electron chi connectivity index (χ3n) is 7.00. The van der Waals surface area contributed by atoms with E-state index in [9.17, 15) is 4.79 Å². The SMILES string of the molecule is NC(=O)CCC[C@@H]1[C@H]2CCCN3CCC[C@H](CN1Cc1ccc(Cl)cc1)[C@@H]23. The molecule has 3 aliphatic heterocycles. The molecule has 0 unspecified atom stereocenters. The lowest BCUT2D eigenvalue weighted by Gasteiger charge is -2.57. The Kier molecular flexibility index (Phi) is 6.05. The molecule has 1 amide bonds. The van der Waals surface area contributed by atoms with Gasteiger partial charge in [-0.25, -0.2) is 0 Å². The van der Waals surface area contributed by atoms with E-state index in [4.69, 9.17) is 17.3 Å². The number of primary amides is 1. The number of halogens is 1. The number of hydrogen-bond donors (Lipinski definition) is 1. The minimum atomic E-state index is -0.170. The van der Waals surface area contributed by atoms with Crippen LogP contribution in [-0.4, -0.2) is 47.4 Å². The number of benzene rings is 1. The monoisotopic (exact) mass is 389 g/mol. The van der Waals surface area contributed by atoms with Gasteiger partial charge in [-0.3, -0.25) is 14.6 Å². The zero-order valence-electron chi connectivity index (χ0n) is 16.2. The molecule has 27 heavy (non-hydrogen) atoms. The summed E-state index contributed by atoms with van der Waals surface area (Å²) in [5.41, 5.74) is 6.75. The molecule has 3 fully saturated rings. The largest absolute Gasteiger partial charge is 0.370 e. The fraction of sp³-hybridized carbons (Fsp3) is 0.682. The van der Waals surface area contributed by atoms with Crippen LogP contribution in [0.25, 0.3) is 0 Å². The molecule has 0 radical (unpaired) electrons. The van der Waals surface area contributed by atoms with Gasteiger partial charge in [-0.2, -0.15) is 0 Å². The Balaban J connectivity index is 1.54. The van der Waals surface area contributed by atoms with Crippen molar-refractivity contribution in [2.75, 3.05) is 19.6 Å². The van der Waals surface area contributed by atoms with Gasteiger partial charge in [0.15, 0.2) is 0 Å². The van der Waals surface area contributed by atoms with Gasteiger partial charge in [0.25, 0.3) is 0 Å². The molecule has 0 aromatic heterocycles. The maximum Gasteiger partial charge on any atom is 0.217 e. The van der Waals surface area contributed by atoms with E-state index in [0.717, 1.165) is 42.3 Å². The molecule has 148 valence electrons. The maximum atomic E-state index is 11.3. The van der Waals surface area contributed by atoms with Crippen LogP contribution in [0.2, 0.25) is 5.02 Å². The van der Waals surface area contributed by atoms with Crippen molar-refractivity contribution in [3.63, 3.8) is 0 Å². The van der Waals surface area contributed by atoms with Gasteiger partial charge >= 0.3 is 0 Å². The Morgan fingerprint density at radius 2 is 1.89 bits per heavy atom. The minimum absolute atomic E-state index is 0.170. The second kappa shape index (κ2) is 8.50. The quantitative estimate of drug-likeness (QED) is 0.807. The number of rotatable bonds is 6. The van der Waals surface area contributed by atoms with Crippen LogP contribution < -0.4 is 5.73 Å². The third kappa shape index (κ3) is 4.33. The van der Waals surface area contributed by atoms with Crippen molar-refractivity contribution < 1.29 is 4.79 Å². The van der Waals surface area contributed by atoms with Gasteiger partial charge < -0.3 is 5.73 Å². The number of piperidine rings is 3. The zero-order chi connectivity index (χ0) is 18.8. The lowest BCUT2D eigenvalue weighted by molar-refractivity contribution is -0.118. The van der Waals surface area contributed by atoms with Gasteiger partial charge in [0, 0.05) is 36.6 Å². The zero-order valence-corrected chi connectivity index (χ0v) is 16.9. The van der Waals surface area contributed by atoms with Crippen molar-refractivity contribution in [2.45, 2.75) is 63.6 Å². The van der Waals surface area contributed by atoms with Crippen molar-refractivity contribution in [3.8, 4) is 0 Å². The molecule has 3 aliphatic rings. The number of nitrogens with two attached hydrogens (primary N) is 1. The summed E-state index contributed by atoms with van der Waals surface area (Å²) >= 11 is 6.08. The molecule has 1 aromatic rings. The Morgan fingerprint density at radius 3 is 2.63 bits per heavy atom. The number of hydrogen-bond acceptors (Lipinski definition) is 3. The van der Waals surface area contributed by atoms with E-state index in [1.807, 2.05) is 12.1 Å². The first kappa shape index (κ1) is 19.2. The summed E-state index contributed by atoms with van der Waals surface area (Å²) in [6, 6.07) is 9.62. The molecule has 0 aliphatic carbocycles. The Labute approximate surface area is 168 Å². The number of nitrogens with zero attached hydrogens (tertiary/aromatic N) is 2. The Hall–Kier alpha value is -1.10. The first-order chi connectivity index (χ1) is 13.1. The van der Waals surface area contributed by atoms with Crippen LogP contribution in [0.1, 0.15) is 50.5 Å². The average Bonchev–Trinajstić information content (AvgIpc) is 2.66. The predicted octanol–water partition coefficient (Wildman–Crippen LogP) is 3.67. The molecule has 3 saturated heterocycles. The van der Waals surface area contributed by atoms with Gasteiger partial charge in [-0.15, -0.1) is 0 Å². The second-order valence-electron chi connectivity index (χ2n) is 8.72. The summed E-state index contributed by atoms with van der Waals surface area (Å²) in [5.74, 6) is 1.36. The van der Waals surface area contributed by atoms with Crippen LogP contribution >= 0.6 is 11.6 Å². The normalized spacial score (nSPS) is 31.4. The second-order valence-corrected chi connectivity index (χ2v) is 9.15. The summed E-state index contributed by atoms with van der Waals surface area (Å²) in [4.78, 5) is 16.8. The van der Waals surface area contributed by atoms with E-state index in [2.05, 4.69) is 21.9 Å². The van der Waals surface area contributed by atoms with Gasteiger partial charge in [0.1, 0.15) is 0 Å². The molecule has 4 atom stereocenters. The average molecular weight is 390 g/mol. The topological polar surface area (TPSA) is 49.6 Å². The van der Waals surface area contributed by atoms with Gasteiger partial charge in [-0.1, -0.05) is 23.7 Å². The first-order valence-corrected chi connectivity index (χ1v) is 11.0. The van der Waals surface area contributed by atoms with Crippen LogP contribution in [0.5, 0.6) is 0 Å². The molecule has 5 heteroatoms. The van der Waals surface area contributed by atoms with Crippen LogP contribution in [0, 0.1) is 11.8 Å². The van der Waals surface area contributed by atoms with Gasteiger partial charge in [-0.05, 0) is 81.1 Å². The van der Waals surface area contributed by atoms with Crippen LogP contribution in [0.15, 0.2) is 24.3 Å². The van der Waals surface area contributed by atoms with E-state index in [1.54, 1.807) is 0 Å². The summed E-state index contributed by atoms with van der Waals surface area (Å²) < 4.78 is 0. The number of likely N-dealkylation sites (tertiary alicyclic amines) is 1. The lowest BCUT2D eigenvalue weighted by atomic mass is 9.69.